The van der Waals surface area contributed by atoms with Crippen LogP contribution in [0.4, 0.5) is 11.6 Å². The molecule has 2 aliphatic carbocycles. The van der Waals surface area contributed by atoms with Gasteiger partial charge in [-0.1, -0.05) is 0 Å². The second-order valence-corrected chi connectivity index (χ2v) is 7.78. The average Bonchev–Trinajstić information content (AvgIpc) is 2.98. The van der Waals surface area contributed by atoms with Gasteiger partial charge < -0.3 is 20.5 Å². The molecule has 3 N–H and O–H groups in total. The first-order valence-corrected chi connectivity index (χ1v) is 9.97. The largest absolute Gasteiger partial charge is 0.491 e. The van der Waals surface area contributed by atoms with E-state index in [1.54, 1.807) is 6.07 Å². The van der Waals surface area contributed by atoms with Gasteiger partial charge in [-0.3, -0.25) is 4.79 Å². The lowest BCUT2D eigenvalue weighted by molar-refractivity contribution is 0.0267. The number of anilines is 2. The summed E-state index contributed by atoms with van der Waals surface area (Å²) < 4.78 is 6.01. The van der Waals surface area contributed by atoms with Crippen molar-refractivity contribution < 1.29 is 14.6 Å². The van der Waals surface area contributed by atoms with Crippen molar-refractivity contribution in [2.75, 3.05) is 19.0 Å². The molecule has 30 heavy (non-hydrogen) atoms. The van der Waals surface area contributed by atoms with Gasteiger partial charge in [0.05, 0.1) is 25.1 Å². The third-order valence-corrected chi connectivity index (χ3v) is 5.84. The Morgan fingerprint density at radius 3 is 2.63 bits per heavy atom. The highest BCUT2D eigenvalue weighted by atomic mass is 16.5. The highest BCUT2D eigenvalue weighted by molar-refractivity contribution is 5.94. The summed E-state index contributed by atoms with van der Waals surface area (Å²) in [5.41, 5.74) is 0.310. The number of ether oxygens (including phenoxy) is 1. The van der Waals surface area contributed by atoms with Gasteiger partial charge in [0.2, 0.25) is 0 Å². The lowest BCUT2D eigenvalue weighted by atomic mass is 9.79. The van der Waals surface area contributed by atoms with Gasteiger partial charge in [0.15, 0.2) is 23.0 Å². The number of carbonyl (C=O) groups excluding carboxylic acids is 1. The summed E-state index contributed by atoms with van der Waals surface area (Å²) in [5.74, 6) is 1.69. The molecule has 0 aliphatic heterocycles. The van der Waals surface area contributed by atoms with E-state index in [9.17, 15) is 9.90 Å². The zero-order valence-corrected chi connectivity index (χ0v) is 16.6. The van der Waals surface area contributed by atoms with Crippen LogP contribution >= 0.6 is 0 Å². The van der Waals surface area contributed by atoms with Gasteiger partial charge in [0, 0.05) is 13.1 Å². The number of amides is 1. The van der Waals surface area contributed by atoms with E-state index in [2.05, 4.69) is 30.8 Å². The fraction of sp³-hybridized carbons (Fsp3) is 0.500. The standard InChI is InChI=1S/C20H23N7O3/c1-22-20(29)18-15(30-10-11-4-12-2-3-13(5-11)19(12)28)6-16(26-27-18)25-17-9-23-14(7-21)8-24-17/h6,8-9,11-13,19,28H,2-5,10H2,1H3,(H,22,29)(H,24,25,26). The molecular weight excluding hydrogens is 386 g/mol. The van der Waals surface area contributed by atoms with Crippen molar-refractivity contribution in [2.45, 2.75) is 31.8 Å². The van der Waals surface area contributed by atoms with Crippen molar-refractivity contribution in [2.24, 2.45) is 17.8 Å². The number of rotatable bonds is 6. The Bertz CT molecular complexity index is 946. The number of nitrogens with zero attached hydrogens (tertiary/aromatic N) is 5. The van der Waals surface area contributed by atoms with Crippen LogP contribution in [0.25, 0.3) is 0 Å². The summed E-state index contributed by atoms with van der Waals surface area (Å²) in [6.07, 6.45) is 6.57. The molecule has 2 heterocycles. The average molecular weight is 409 g/mol. The van der Waals surface area contributed by atoms with E-state index in [-0.39, 0.29) is 23.4 Å². The van der Waals surface area contributed by atoms with Crippen LogP contribution in [0, 0.1) is 29.1 Å². The molecule has 2 aromatic rings. The number of fused-ring (bicyclic) bond motifs is 2. The van der Waals surface area contributed by atoms with E-state index in [0.717, 1.165) is 25.7 Å². The second kappa shape index (κ2) is 8.59. The van der Waals surface area contributed by atoms with E-state index in [1.165, 1.54) is 19.4 Å². The topological polar surface area (TPSA) is 146 Å². The molecule has 10 nitrogen and oxygen atoms in total. The van der Waals surface area contributed by atoms with Crippen LogP contribution in [0.1, 0.15) is 41.9 Å². The molecule has 0 spiro atoms. The zero-order chi connectivity index (χ0) is 21.1. The first-order chi connectivity index (χ1) is 14.6. The van der Waals surface area contributed by atoms with Crippen molar-refractivity contribution in [3.63, 3.8) is 0 Å². The third-order valence-electron chi connectivity index (χ3n) is 5.84. The Labute approximate surface area is 173 Å². The summed E-state index contributed by atoms with van der Waals surface area (Å²) in [6, 6.07) is 3.51. The molecule has 0 aromatic carbocycles. The van der Waals surface area contributed by atoms with Gasteiger partial charge in [-0.2, -0.15) is 5.26 Å². The summed E-state index contributed by atoms with van der Waals surface area (Å²) >= 11 is 0. The Morgan fingerprint density at radius 1 is 1.23 bits per heavy atom. The van der Waals surface area contributed by atoms with E-state index in [0.29, 0.717) is 41.7 Å². The number of hydrogen-bond donors (Lipinski definition) is 3. The van der Waals surface area contributed by atoms with Gasteiger partial charge in [-0.15, -0.1) is 10.2 Å². The van der Waals surface area contributed by atoms with E-state index >= 15 is 0 Å². The predicted molar refractivity (Wildman–Crippen MR) is 106 cm³/mol. The first kappa shape index (κ1) is 20.0. The van der Waals surface area contributed by atoms with Crippen LogP contribution in [0.3, 0.4) is 0 Å². The van der Waals surface area contributed by atoms with Crippen LogP contribution in [0.5, 0.6) is 5.75 Å². The quantitative estimate of drug-likeness (QED) is 0.644. The smallest absolute Gasteiger partial charge is 0.275 e. The monoisotopic (exact) mass is 409 g/mol. The minimum atomic E-state index is -0.388. The molecule has 1 amide bonds. The van der Waals surface area contributed by atoms with Gasteiger partial charge in [0.1, 0.15) is 11.9 Å². The number of hydrogen-bond acceptors (Lipinski definition) is 9. The van der Waals surface area contributed by atoms with E-state index in [4.69, 9.17) is 10.00 Å². The maximum Gasteiger partial charge on any atom is 0.275 e. The second-order valence-electron chi connectivity index (χ2n) is 7.78. The molecule has 156 valence electrons. The van der Waals surface area contributed by atoms with Crippen molar-refractivity contribution in [1.29, 1.82) is 5.26 Å². The maximum absolute atomic E-state index is 12.2. The minimum Gasteiger partial charge on any atom is -0.491 e. The normalized spacial score (nSPS) is 24.7. The SMILES string of the molecule is CNC(=O)c1nnc(Nc2cnc(C#N)cn2)cc1OCC1CC2CCC(C1)C2O. The van der Waals surface area contributed by atoms with Gasteiger partial charge in [0.25, 0.3) is 5.91 Å². The summed E-state index contributed by atoms with van der Waals surface area (Å²) in [5, 5.41) is 32.5. The van der Waals surface area contributed by atoms with Crippen LogP contribution in [-0.4, -0.2) is 50.9 Å². The van der Waals surface area contributed by atoms with E-state index in [1.807, 2.05) is 6.07 Å². The Kier molecular flexibility index (Phi) is 5.72. The number of nitriles is 1. The summed E-state index contributed by atoms with van der Waals surface area (Å²) in [6.45, 7) is 0.450. The lowest BCUT2D eigenvalue weighted by Gasteiger charge is -2.32. The fourth-order valence-electron chi connectivity index (χ4n) is 4.37. The van der Waals surface area contributed by atoms with Crippen molar-refractivity contribution >= 4 is 17.5 Å². The van der Waals surface area contributed by atoms with Gasteiger partial charge in [-0.05, 0) is 43.4 Å². The number of carbonyl (C=O) groups is 1. The van der Waals surface area contributed by atoms with Gasteiger partial charge >= 0.3 is 0 Å². The van der Waals surface area contributed by atoms with E-state index < -0.39 is 0 Å². The molecule has 2 aromatic heterocycles. The molecule has 2 unspecified atom stereocenters. The molecule has 2 bridgehead atoms. The third kappa shape index (κ3) is 4.16. The molecule has 2 saturated carbocycles. The number of aliphatic hydroxyl groups is 1. The molecular formula is C20H23N7O3. The highest BCUT2D eigenvalue weighted by Gasteiger charge is 2.41. The van der Waals surface area contributed by atoms with Crippen molar-refractivity contribution in [3.05, 3.63) is 29.8 Å². The molecule has 0 saturated heterocycles. The van der Waals surface area contributed by atoms with Gasteiger partial charge in [-0.25, -0.2) is 9.97 Å². The summed E-state index contributed by atoms with van der Waals surface area (Å²) in [4.78, 5) is 20.2. The number of nitrogens with one attached hydrogen (secondary N) is 2. The molecule has 2 atom stereocenters. The fourth-order valence-corrected chi connectivity index (χ4v) is 4.37. The molecule has 10 heteroatoms. The Hall–Kier alpha value is -3.32. The summed E-state index contributed by atoms with van der Waals surface area (Å²) in [7, 11) is 1.52. The minimum absolute atomic E-state index is 0.104. The maximum atomic E-state index is 12.2. The predicted octanol–water partition coefficient (Wildman–Crippen LogP) is 1.42. The lowest BCUT2D eigenvalue weighted by Crippen LogP contribution is -2.33. The zero-order valence-electron chi connectivity index (χ0n) is 16.6. The highest BCUT2D eigenvalue weighted by Crippen LogP contribution is 2.45. The number of aromatic nitrogens is 4. The first-order valence-electron chi connectivity index (χ1n) is 9.97. The van der Waals surface area contributed by atoms with Crippen molar-refractivity contribution in [3.8, 4) is 11.8 Å². The molecule has 2 fully saturated rings. The molecule has 2 aliphatic rings. The Morgan fingerprint density at radius 2 is 2.00 bits per heavy atom. The van der Waals surface area contributed by atoms with Crippen LogP contribution < -0.4 is 15.4 Å². The van der Waals surface area contributed by atoms with Crippen LogP contribution in [-0.2, 0) is 0 Å². The molecule has 0 radical (unpaired) electrons. The molecule has 4 rings (SSSR count). The van der Waals surface area contributed by atoms with Crippen LogP contribution in [0.2, 0.25) is 0 Å². The Balaban J connectivity index is 1.48. The number of aliphatic hydroxyl groups excluding tert-OH is 1. The van der Waals surface area contributed by atoms with Crippen LogP contribution in [0.15, 0.2) is 18.5 Å². The van der Waals surface area contributed by atoms with Crippen molar-refractivity contribution in [1.82, 2.24) is 25.5 Å².